The second kappa shape index (κ2) is 5.28. The fourth-order valence-corrected chi connectivity index (χ4v) is 3.38. The first kappa shape index (κ1) is 13.2. The Labute approximate surface area is 118 Å². The van der Waals surface area contributed by atoms with Gasteiger partial charge >= 0.3 is 0 Å². The Kier molecular flexibility index (Phi) is 3.48. The first-order valence-corrected chi connectivity index (χ1v) is 7.06. The molecule has 3 rings (SSSR count). The minimum atomic E-state index is -0.640. The van der Waals surface area contributed by atoms with Crippen molar-refractivity contribution in [2.24, 2.45) is 0 Å². The molecule has 3 nitrogen and oxygen atoms in total. The fraction of sp³-hybridized carbons (Fsp3) is 0.214. The monoisotopic (exact) mass is 295 g/mol. The van der Waals surface area contributed by atoms with Crippen LogP contribution in [0.2, 0.25) is 0 Å². The van der Waals surface area contributed by atoms with Gasteiger partial charge in [0.25, 0.3) is 0 Å². The summed E-state index contributed by atoms with van der Waals surface area (Å²) in [6.07, 6.45) is 3.12. The Hall–Kier alpha value is -1.82. The van der Waals surface area contributed by atoms with E-state index >= 15 is 0 Å². The van der Waals surface area contributed by atoms with Crippen molar-refractivity contribution in [1.29, 1.82) is 0 Å². The predicted molar refractivity (Wildman–Crippen MR) is 70.8 cm³/mol. The maximum Gasteiger partial charge on any atom is 0.234 e. The van der Waals surface area contributed by atoms with Gasteiger partial charge < -0.3 is 9.32 Å². The average molecular weight is 295 g/mol. The van der Waals surface area contributed by atoms with Crippen molar-refractivity contribution in [2.45, 2.75) is 11.9 Å². The van der Waals surface area contributed by atoms with Crippen molar-refractivity contribution in [3.8, 4) is 0 Å². The largest absolute Gasteiger partial charge is 0.472 e. The highest BCUT2D eigenvalue weighted by Gasteiger charge is 2.33. The van der Waals surface area contributed by atoms with Crippen LogP contribution >= 0.6 is 11.8 Å². The summed E-state index contributed by atoms with van der Waals surface area (Å²) in [4.78, 5) is 13.5. The van der Waals surface area contributed by atoms with E-state index in [4.69, 9.17) is 4.42 Å². The lowest BCUT2D eigenvalue weighted by atomic mass is 10.2. The molecule has 1 aliphatic heterocycles. The van der Waals surface area contributed by atoms with Gasteiger partial charge in [0.05, 0.1) is 18.3 Å². The van der Waals surface area contributed by atoms with Crippen LogP contribution in [0.1, 0.15) is 16.5 Å². The van der Waals surface area contributed by atoms with E-state index in [-0.39, 0.29) is 17.8 Å². The summed E-state index contributed by atoms with van der Waals surface area (Å²) in [5.74, 6) is -0.975. The summed E-state index contributed by atoms with van der Waals surface area (Å²) in [6.45, 7) is 0.177. The molecule has 1 fully saturated rings. The van der Waals surface area contributed by atoms with Crippen molar-refractivity contribution in [2.75, 3.05) is 5.75 Å². The molecule has 20 heavy (non-hydrogen) atoms. The molecule has 0 saturated carbocycles. The van der Waals surface area contributed by atoms with Crippen molar-refractivity contribution < 1.29 is 18.0 Å². The Morgan fingerprint density at radius 1 is 1.30 bits per heavy atom. The minimum absolute atomic E-state index is 0.0501. The molecule has 1 aromatic carbocycles. The predicted octanol–water partition coefficient (Wildman–Crippen LogP) is 3.33. The summed E-state index contributed by atoms with van der Waals surface area (Å²) in [5, 5.41) is -0.174. The van der Waals surface area contributed by atoms with Gasteiger partial charge in [-0.2, -0.15) is 0 Å². The zero-order valence-electron chi connectivity index (χ0n) is 10.4. The van der Waals surface area contributed by atoms with Crippen LogP contribution in [0.4, 0.5) is 8.78 Å². The SMILES string of the molecule is O=C1CSC(c2ccoc2)N1Cc1cc(F)cc(F)c1. The van der Waals surface area contributed by atoms with Crippen LogP contribution in [-0.2, 0) is 11.3 Å². The van der Waals surface area contributed by atoms with Crippen LogP contribution in [0.3, 0.4) is 0 Å². The molecule has 6 heteroatoms. The first-order valence-electron chi connectivity index (χ1n) is 6.01. The van der Waals surface area contributed by atoms with Gasteiger partial charge in [-0.15, -0.1) is 11.8 Å². The third kappa shape index (κ3) is 2.56. The average Bonchev–Trinajstić information content (AvgIpc) is 2.99. The third-order valence-corrected chi connectivity index (χ3v) is 4.33. The van der Waals surface area contributed by atoms with E-state index in [1.807, 2.05) is 0 Å². The Balaban J connectivity index is 1.85. The fourth-order valence-electron chi connectivity index (χ4n) is 2.22. The van der Waals surface area contributed by atoms with E-state index in [9.17, 15) is 13.6 Å². The maximum absolute atomic E-state index is 13.2. The zero-order chi connectivity index (χ0) is 14.1. The van der Waals surface area contributed by atoms with Gasteiger partial charge in [0, 0.05) is 18.2 Å². The molecule has 1 unspecified atom stereocenters. The number of rotatable bonds is 3. The van der Waals surface area contributed by atoms with Crippen molar-refractivity contribution in [3.63, 3.8) is 0 Å². The van der Waals surface area contributed by atoms with Crippen LogP contribution in [0.15, 0.2) is 41.2 Å². The van der Waals surface area contributed by atoms with Gasteiger partial charge in [-0.3, -0.25) is 4.79 Å². The maximum atomic E-state index is 13.2. The highest BCUT2D eigenvalue weighted by Crippen LogP contribution is 2.39. The molecule has 1 aliphatic rings. The number of carbonyl (C=O) groups excluding carboxylic acids is 1. The van der Waals surface area contributed by atoms with E-state index in [2.05, 4.69) is 0 Å². The van der Waals surface area contributed by atoms with Crippen LogP contribution in [0.25, 0.3) is 0 Å². The number of hydrogen-bond donors (Lipinski definition) is 0. The van der Waals surface area contributed by atoms with Crippen molar-refractivity contribution >= 4 is 17.7 Å². The van der Waals surface area contributed by atoms with Gasteiger partial charge in [-0.1, -0.05) is 0 Å². The van der Waals surface area contributed by atoms with Gasteiger partial charge in [0.1, 0.15) is 17.0 Å². The number of halogens is 2. The molecule has 2 aromatic rings. The van der Waals surface area contributed by atoms with Gasteiger partial charge in [0.2, 0.25) is 5.91 Å². The number of amides is 1. The second-order valence-corrected chi connectivity index (χ2v) is 5.59. The molecular weight excluding hydrogens is 284 g/mol. The molecule has 1 amide bonds. The van der Waals surface area contributed by atoms with E-state index in [0.717, 1.165) is 11.6 Å². The molecule has 1 aromatic heterocycles. The zero-order valence-corrected chi connectivity index (χ0v) is 11.2. The van der Waals surface area contributed by atoms with Gasteiger partial charge in [0.15, 0.2) is 0 Å². The normalized spacial score (nSPS) is 18.8. The number of furan rings is 1. The number of thioether (sulfide) groups is 1. The van der Waals surface area contributed by atoms with E-state index < -0.39 is 11.6 Å². The molecule has 104 valence electrons. The second-order valence-electron chi connectivity index (χ2n) is 4.52. The van der Waals surface area contributed by atoms with Gasteiger partial charge in [-0.05, 0) is 23.8 Å². The highest BCUT2D eigenvalue weighted by atomic mass is 32.2. The summed E-state index contributed by atoms with van der Waals surface area (Å²) in [7, 11) is 0. The Morgan fingerprint density at radius 2 is 2.05 bits per heavy atom. The summed E-state index contributed by atoms with van der Waals surface area (Å²) in [6, 6.07) is 5.09. The number of nitrogens with zero attached hydrogens (tertiary/aromatic N) is 1. The lowest BCUT2D eigenvalue weighted by Gasteiger charge is -2.23. The third-order valence-electron chi connectivity index (χ3n) is 3.07. The molecule has 0 spiro atoms. The Morgan fingerprint density at radius 3 is 2.70 bits per heavy atom. The number of benzene rings is 1. The number of hydrogen-bond acceptors (Lipinski definition) is 3. The molecular formula is C14H11F2NO2S. The number of carbonyl (C=O) groups is 1. The Bertz CT molecular complexity index is 610. The quantitative estimate of drug-likeness (QED) is 0.871. The van der Waals surface area contributed by atoms with Gasteiger partial charge in [-0.25, -0.2) is 8.78 Å². The topological polar surface area (TPSA) is 33.5 Å². The minimum Gasteiger partial charge on any atom is -0.472 e. The lowest BCUT2D eigenvalue weighted by molar-refractivity contribution is -0.128. The van der Waals surface area contributed by atoms with Crippen LogP contribution in [-0.4, -0.2) is 16.6 Å². The summed E-state index contributed by atoms with van der Waals surface area (Å²) in [5.41, 5.74) is 1.31. The van der Waals surface area contributed by atoms with E-state index in [0.29, 0.717) is 11.3 Å². The molecule has 0 bridgehead atoms. The lowest BCUT2D eigenvalue weighted by Crippen LogP contribution is -2.27. The standard InChI is InChI=1S/C14H11F2NO2S/c15-11-3-9(4-12(16)5-11)6-17-13(18)8-20-14(17)10-1-2-19-7-10/h1-5,7,14H,6,8H2. The molecule has 1 saturated heterocycles. The molecule has 0 N–H and O–H groups in total. The van der Waals surface area contributed by atoms with Crippen LogP contribution < -0.4 is 0 Å². The molecule has 0 radical (unpaired) electrons. The van der Waals surface area contributed by atoms with Crippen LogP contribution in [0, 0.1) is 11.6 Å². The van der Waals surface area contributed by atoms with E-state index in [1.165, 1.54) is 23.9 Å². The van der Waals surface area contributed by atoms with Crippen molar-refractivity contribution in [3.05, 3.63) is 59.6 Å². The molecule has 2 heterocycles. The highest BCUT2D eigenvalue weighted by molar-refractivity contribution is 8.00. The first-order chi connectivity index (χ1) is 9.63. The smallest absolute Gasteiger partial charge is 0.234 e. The van der Waals surface area contributed by atoms with Crippen LogP contribution in [0.5, 0.6) is 0 Å². The summed E-state index contributed by atoms with van der Waals surface area (Å²) >= 11 is 1.47. The van der Waals surface area contributed by atoms with Crippen molar-refractivity contribution in [1.82, 2.24) is 4.90 Å². The molecule has 1 atom stereocenters. The molecule has 0 aliphatic carbocycles. The summed E-state index contributed by atoms with van der Waals surface area (Å²) < 4.78 is 31.4. The van der Waals surface area contributed by atoms with E-state index in [1.54, 1.807) is 23.5 Å².